The zero-order valence-electron chi connectivity index (χ0n) is 9.70. The number of hydrogen-bond donors (Lipinski definition) is 2. The van der Waals surface area contributed by atoms with Crippen molar-refractivity contribution in [3.63, 3.8) is 0 Å². The second-order valence-corrected chi connectivity index (χ2v) is 5.44. The minimum absolute atomic E-state index is 0.379. The third-order valence-electron chi connectivity index (χ3n) is 2.30. The number of nitrogens with one attached hydrogen (secondary N) is 1. The largest absolute Gasteiger partial charge is 0.310 e. The van der Waals surface area contributed by atoms with E-state index in [-0.39, 0.29) is 0 Å². The van der Waals surface area contributed by atoms with Gasteiger partial charge in [-0.3, -0.25) is 4.57 Å². The molecule has 0 radical (unpaired) electrons. The maximum absolute atomic E-state index is 4.91. The van der Waals surface area contributed by atoms with Gasteiger partial charge in [0.25, 0.3) is 0 Å². The molecule has 0 fully saturated rings. The Morgan fingerprint density at radius 1 is 1.39 bits per heavy atom. The van der Waals surface area contributed by atoms with E-state index in [1.807, 2.05) is 29.0 Å². The molecule has 4 nitrogen and oxygen atoms in total. The Bertz CT molecular complexity index is 538. The van der Waals surface area contributed by atoms with Gasteiger partial charge in [0, 0.05) is 0 Å². The fourth-order valence-electron chi connectivity index (χ4n) is 1.54. The van der Waals surface area contributed by atoms with E-state index >= 15 is 0 Å². The molecular weight excluding hydrogens is 284 g/mol. The smallest absolute Gasteiger partial charge is 0.231 e. The number of hydrogen-bond acceptors (Lipinski definition) is 4. The van der Waals surface area contributed by atoms with Crippen molar-refractivity contribution in [3.05, 3.63) is 35.9 Å². The molecule has 0 saturated carbocycles. The number of thiocarbonyl (C=S) groups is 1. The molecule has 7 heteroatoms. The van der Waals surface area contributed by atoms with Crippen molar-refractivity contribution in [2.24, 2.45) is 0 Å². The number of nitrogens with zero attached hydrogens (tertiary/aromatic N) is 3. The van der Waals surface area contributed by atoms with Crippen LogP contribution in [0.15, 0.2) is 35.5 Å². The second-order valence-electron chi connectivity index (χ2n) is 3.51. The number of rotatable bonds is 4. The van der Waals surface area contributed by atoms with Crippen LogP contribution in [0.1, 0.15) is 5.56 Å². The standard InChI is InChI=1S/C11H12N4S3/c1-18-10-14-13-9(12-11(16)17)15(10)7-8-5-3-2-4-6-8/h2-6H,7H2,1H3,(H2,12,13,16,17). The highest BCUT2D eigenvalue weighted by molar-refractivity contribution is 8.11. The molecule has 0 saturated heterocycles. The molecule has 0 aliphatic carbocycles. The highest BCUT2D eigenvalue weighted by Crippen LogP contribution is 2.19. The number of aromatic nitrogens is 3. The van der Waals surface area contributed by atoms with Gasteiger partial charge in [-0.1, -0.05) is 54.3 Å². The third kappa shape index (κ3) is 3.24. The summed E-state index contributed by atoms with van der Waals surface area (Å²) in [5.74, 6) is 0.614. The van der Waals surface area contributed by atoms with Crippen LogP contribution in [0.25, 0.3) is 0 Å². The summed E-state index contributed by atoms with van der Waals surface area (Å²) in [7, 11) is 0. The van der Waals surface area contributed by atoms with Crippen LogP contribution in [-0.4, -0.2) is 25.3 Å². The first-order valence-electron chi connectivity index (χ1n) is 5.21. The minimum Gasteiger partial charge on any atom is -0.310 e. The average Bonchev–Trinajstić information content (AvgIpc) is 2.72. The molecule has 2 aromatic rings. The Labute approximate surface area is 121 Å². The average molecular weight is 296 g/mol. The highest BCUT2D eigenvalue weighted by Gasteiger charge is 2.11. The Morgan fingerprint density at radius 3 is 2.72 bits per heavy atom. The molecule has 0 amide bonds. The van der Waals surface area contributed by atoms with E-state index in [2.05, 4.69) is 40.3 Å². The summed E-state index contributed by atoms with van der Waals surface area (Å²) in [6.07, 6.45) is 1.97. The van der Waals surface area contributed by atoms with Crippen LogP contribution in [0, 0.1) is 0 Å². The molecule has 94 valence electrons. The van der Waals surface area contributed by atoms with Gasteiger partial charge in [0.05, 0.1) is 6.54 Å². The molecule has 0 aliphatic heterocycles. The van der Waals surface area contributed by atoms with E-state index in [9.17, 15) is 0 Å². The molecule has 0 atom stereocenters. The molecule has 1 aromatic heterocycles. The molecule has 0 aliphatic rings. The number of thiol groups is 1. The van der Waals surface area contributed by atoms with Crippen molar-refractivity contribution in [1.82, 2.24) is 14.8 Å². The van der Waals surface area contributed by atoms with Crippen molar-refractivity contribution in [1.29, 1.82) is 0 Å². The van der Waals surface area contributed by atoms with Crippen molar-refractivity contribution in [3.8, 4) is 0 Å². The van der Waals surface area contributed by atoms with Crippen LogP contribution in [-0.2, 0) is 6.54 Å². The first-order chi connectivity index (χ1) is 8.70. The third-order valence-corrected chi connectivity index (χ3v) is 3.18. The van der Waals surface area contributed by atoms with Gasteiger partial charge in [0.15, 0.2) is 5.16 Å². The SMILES string of the molecule is CSc1nnc(NC(=S)S)n1Cc1ccccc1. The quantitative estimate of drug-likeness (QED) is 0.516. The Hall–Kier alpha value is -1.05. The van der Waals surface area contributed by atoms with Crippen molar-refractivity contribution in [2.75, 3.05) is 11.6 Å². The summed E-state index contributed by atoms with van der Waals surface area (Å²) in [6, 6.07) is 10.1. The molecule has 0 bridgehead atoms. The summed E-state index contributed by atoms with van der Waals surface area (Å²) in [5, 5.41) is 11.9. The van der Waals surface area contributed by atoms with Gasteiger partial charge in [0.2, 0.25) is 5.95 Å². The highest BCUT2D eigenvalue weighted by atomic mass is 32.2. The topological polar surface area (TPSA) is 42.7 Å². The second kappa shape index (κ2) is 6.21. The van der Waals surface area contributed by atoms with E-state index in [1.165, 1.54) is 5.56 Å². The predicted molar refractivity (Wildman–Crippen MR) is 82.6 cm³/mol. The van der Waals surface area contributed by atoms with Gasteiger partial charge in [-0.25, -0.2) is 0 Å². The summed E-state index contributed by atoms with van der Waals surface area (Å²) in [5.41, 5.74) is 1.18. The normalized spacial score (nSPS) is 10.3. The van der Waals surface area contributed by atoms with Crippen LogP contribution >= 0.6 is 36.6 Å². The van der Waals surface area contributed by atoms with Crippen molar-refractivity contribution < 1.29 is 0 Å². The first kappa shape index (κ1) is 13.4. The van der Waals surface area contributed by atoms with E-state index in [0.717, 1.165) is 5.16 Å². The van der Waals surface area contributed by atoms with E-state index in [0.29, 0.717) is 16.8 Å². The fourth-order valence-corrected chi connectivity index (χ4v) is 2.22. The van der Waals surface area contributed by atoms with Gasteiger partial charge in [-0.05, 0) is 11.8 Å². The number of thioether (sulfide) groups is 1. The maximum atomic E-state index is 4.91. The molecule has 1 aromatic carbocycles. The first-order valence-corrected chi connectivity index (χ1v) is 7.30. The van der Waals surface area contributed by atoms with E-state index in [4.69, 9.17) is 12.2 Å². The van der Waals surface area contributed by atoms with Crippen molar-refractivity contribution in [2.45, 2.75) is 11.7 Å². The lowest BCUT2D eigenvalue weighted by atomic mass is 10.2. The molecule has 1 N–H and O–H groups in total. The number of anilines is 1. The van der Waals surface area contributed by atoms with Gasteiger partial charge >= 0.3 is 0 Å². The Kier molecular flexibility index (Phi) is 4.62. The monoisotopic (exact) mass is 296 g/mol. The molecule has 0 spiro atoms. The van der Waals surface area contributed by atoms with Crippen LogP contribution in [0.5, 0.6) is 0 Å². The zero-order valence-corrected chi connectivity index (χ0v) is 12.2. The van der Waals surface area contributed by atoms with Gasteiger partial charge in [-0.2, -0.15) is 0 Å². The molecular formula is C11H12N4S3. The summed E-state index contributed by atoms with van der Waals surface area (Å²) in [6.45, 7) is 0.697. The van der Waals surface area contributed by atoms with E-state index in [1.54, 1.807) is 11.8 Å². The molecule has 1 heterocycles. The van der Waals surface area contributed by atoms with Gasteiger partial charge < -0.3 is 5.32 Å². The fraction of sp³-hybridized carbons (Fsp3) is 0.182. The van der Waals surface area contributed by atoms with Crippen LogP contribution in [0.4, 0.5) is 5.95 Å². The van der Waals surface area contributed by atoms with Crippen molar-refractivity contribution >= 4 is 46.9 Å². The van der Waals surface area contributed by atoms with Gasteiger partial charge in [0.1, 0.15) is 4.32 Å². The lowest BCUT2D eigenvalue weighted by Crippen LogP contribution is -2.10. The summed E-state index contributed by atoms with van der Waals surface area (Å²) >= 11 is 10.5. The Balaban J connectivity index is 2.29. The van der Waals surface area contributed by atoms with Gasteiger partial charge in [-0.15, -0.1) is 22.8 Å². The summed E-state index contributed by atoms with van der Waals surface area (Å²) in [4.78, 5) is 0. The summed E-state index contributed by atoms with van der Waals surface area (Å²) < 4.78 is 2.35. The molecule has 2 rings (SSSR count). The zero-order chi connectivity index (χ0) is 13.0. The minimum atomic E-state index is 0.379. The van der Waals surface area contributed by atoms with Crippen LogP contribution in [0.2, 0.25) is 0 Å². The lowest BCUT2D eigenvalue weighted by Gasteiger charge is -2.09. The molecule has 0 unspecified atom stereocenters. The predicted octanol–water partition coefficient (Wildman–Crippen LogP) is 2.67. The number of benzene rings is 1. The van der Waals surface area contributed by atoms with Crippen LogP contribution in [0.3, 0.4) is 0 Å². The maximum Gasteiger partial charge on any atom is 0.231 e. The van der Waals surface area contributed by atoms with E-state index < -0.39 is 0 Å². The lowest BCUT2D eigenvalue weighted by molar-refractivity contribution is 0.717. The molecule has 18 heavy (non-hydrogen) atoms. The van der Waals surface area contributed by atoms with Crippen LogP contribution < -0.4 is 5.32 Å². The Morgan fingerprint density at radius 2 is 2.11 bits per heavy atom.